The van der Waals surface area contributed by atoms with Crippen LogP contribution in [0.25, 0.3) is 32.9 Å². The number of H-pyrrole nitrogens is 1. The molecular weight excluding hydrogens is 280 g/mol. The molecule has 4 aromatic rings. The Morgan fingerprint density at radius 2 is 1.61 bits per heavy atom. The molecule has 3 N–H and O–H groups in total. The predicted octanol–water partition coefficient (Wildman–Crippen LogP) is 4.88. The van der Waals surface area contributed by atoms with Crippen molar-refractivity contribution < 1.29 is 0 Å². The van der Waals surface area contributed by atoms with Crippen LogP contribution in [-0.4, -0.2) is 11.5 Å². The van der Waals surface area contributed by atoms with Gasteiger partial charge in [0.25, 0.3) is 0 Å². The summed E-state index contributed by atoms with van der Waals surface area (Å²) < 4.78 is 0. The summed E-state index contributed by atoms with van der Waals surface area (Å²) in [6, 6.07) is 23.7. The molecule has 2 nitrogen and oxygen atoms in total. The summed E-state index contributed by atoms with van der Waals surface area (Å²) in [6.07, 6.45) is 2.01. The fourth-order valence-electron chi connectivity index (χ4n) is 3.33. The van der Waals surface area contributed by atoms with Crippen LogP contribution in [0.15, 0.2) is 66.7 Å². The molecule has 0 unspecified atom stereocenters. The molecule has 0 aliphatic rings. The van der Waals surface area contributed by atoms with E-state index in [1.807, 2.05) is 0 Å². The maximum atomic E-state index is 5.74. The van der Waals surface area contributed by atoms with Crippen LogP contribution < -0.4 is 5.73 Å². The Morgan fingerprint density at radius 3 is 2.48 bits per heavy atom. The second-order valence-electron chi connectivity index (χ2n) is 5.98. The molecule has 2 heteroatoms. The van der Waals surface area contributed by atoms with E-state index in [1.165, 1.54) is 38.5 Å². The average molecular weight is 300 g/mol. The molecule has 0 spiro atoms. The standard InChI is InChI=1S/C21H20N2/c22-13-5-9-19-18-8-3-4-10-20(18)23-21(19)17-12-11-15-6-1-2-7-16(15)14-17/h1-4,6-8,10-12,14,23H,5,9,13,22H2. The van der Waals surface area contributed by atoms with Gasteiger partial charge in [-0.1, -0.05) is 54.6 Å². The zero-order valence-corrected chi connectivity index (χ0v) is 13.0. The average Bonchev–Trinajstić information content (AvgIpc) is 2.98. The lowest BCUT2D eigenvalue weighted by atomic mass is 9.99. The van der Waals surface area contributed by atoms with E-state index >= 15 is 0 Å². The van der Waals surface area contributed by atoms with Gasteiger partial charge in [0.05, 0.1) is 0 Å². The fourth-order valence-corrected chi connectivity index (χ4v) is 3.33. The highest BCUT2D eigenvalue weighted by Crippen LogP contribution is 2.32. The van der Waals surface area contributed by atoms with E-state index < -0.39 is 0 Å². The van der Waals surface area contributed by atoms with Gasteiger partial charge in [-0.3, -0.25) is 0 Å². The number of rotatable bonds is 4. The molecule has 23 heavy (non-hydrogen) atoms. The molecule has 114 valence electrons. The molecule has 0 saturated heterocycles. The number of benzene rings is 3. The molecule has 0 bridgehead atoms. The summed E-state index contributed by atoms with van der Waals surface area (Å²) in [5.41, 5.74) is 10.8. The molecule has 1 heterocycles. The summed E-state index contributed by atoms with van der Waals surface area (Å²) in [5, 5.41) is 3.86. The Hall–Kier alpha value is -2.58. The van der Waals surface area contributed by atoms with E-state index in [4.69, 9.17) is 5.73 Å². The summed E-state index contributed by atoms with van der Waals surface area (Å²) >= 11 is 0. The van der Waals surface area contributed by atoms with Crippen LogP contribution in [0.2, 0.25) is 0 Å². The molecule has 3 aromatic carbocycles. The summed E-state index contributed by atoms with van der Waals surface area (Å²) in [5.74, 6) is 0. The zero-order valence-electron chi connectivity index (χ0n) is 13.0. The van der Waals surface area contributed by atoms with E-state index in [2.05, 4.69) is 71.7 Å². The smallest absolute Gasteiger partial charge is 0.0497 e. The van der Waals surface area contributed by atoms with Crippen molar-refractivity contribution in [2.45, 2.75) is 12.8 Å². The van der Waals surface area contributed by atoms with Crippen molar-refractivity contribution in [2.75, 3.05) is 6.54 Å². The molecular formula is C21H20N2. The Bertz CT molecular complexity index is 966. The third kappa shape index (κ3) is 2.51. The number of para-hydroxylation sites is 1. The lowest BCUT2D eigenvalue weighted by molar-refractivity contribution is 0.838. The Labute approximate surface area is 135 Å². The summed E-state index contributed by atoms with van der Waals surface area (Å²) in [6.45, 7) is 0.719. The van der Waals surface area contributed by atoms with Gasteiger partial charge in [0.1, 0.15) is 0 Å². The first-order valence-electron chi connectivity index (χ1n) is 8.15. The van der Waals surface area contributed by atoms with Crippen LogP contribution in [0, 0.1) is 0 Å². The highest BCUT2D eigenvalue weighted by molar-refractivity contribution is 5.93. The zero-order chi connectivity index (χ0) is 15.6. The minimum absolute atomic E-state index is 0.719. The molecule has 0 saturated carbocycles. The number of aryl methyl sites for hydroxylation is 1. The van der Waals surface area contributed by atoms with Crippen LogP contribution in [0.4, 0.5) is 0 Å². The topological polar surface area (TPSA) is 41.8 Å². The quantitative estimate of drug-likeness (QED) is 0.554. The van der Waals surface area contributed by atoms with Crippen LogP contribution >= 0.6 is 0 Å². The molecule has 4 rings (SSSR count). The molecule has 0 aliphatic carbocycles. The maximum absolute atomic E-state index is 5.74. The lowest BCUT2D eigenvalue weighted by Gasteiger charge is -2.06. The molecule has 0 amide bonds. The number of hydrogen-bond acceptors (Lipinski definition) is 1. The first-order chi connectivity index (χ1) is 11.4. The van der Waals surface area contributed by atoms with E-state index in [1.54, 1.807) is 0 Å². The van der Waals surface area contributed by atoms with Gasteiger partial charge in [0.2, 0.25) is 0 Å². The first-order valence-corrected chi connectivity index (χ1v) is 8.15. The SMILES string of the molecule is NCCCc1c(-c2ccc3ccccc3c2)[nH]c2ccccc12. The minimum Gasteiger partial charge on any atom is -0.354 e. The monoisotopic (exact) mass is 300 g/mol. The Morgan fingerprint density at radius 1 is 0.826 bits per heavy atom. The normalized spacial score (nSPS) is 11.3. The fraction of sp³-hybridized carbons (Fsp3) is 0.143. The van der Waals surface area contributed by atoms with Crippen molar-refractivity contribution in [1.82, 2.24) is 4.98 Å². The van der Waals surface area contributed by atoms with E-state index in [9.17, 15) is 0 Å². The van der Waals surface area contributed by atoms with E-state index in [0.29, 0.717) is 0 Å². The van der Waals surface area contributed by atoms with Crippen molar-refractivity contribution in [3.05, 3.63) is 72.3 Å². The highest BCUT2D eigenvalue weighted by Gasteiger charge is 2.12. The summed E-state index contributed by atoms with van der Waals surface area (Å²) in [7, 11) is 0. The van der Waals surface area contributed by atoms with Gasteiger partial charge in [0, 0.05) is 16.6 Å². The van der Waals surface area contributed by atoms with Crippen LogP contribution in [0.5, 0.6) is 0 Å². The van der Waals surface area contributed by atoms with Gasteiger partial charge in [0.15, 0.2) is 0 Å². The van der Waals surface area contributed by atoms with Crippen molar-refractivity contribution in [2.24, 2.45) is 5.73 Å². The molecule has 1 aromatic heterocycles. The van der Waals surface area contributed by atoms with Gasteiger partial charge in [-0.2, -0.15) is 0 Å². The van der Waals surface area contributed by atoms with Crippen molar-refractivity contribution in [1.29, 1.82) is 0 Å². The van der Waals surface area contributed by atoms with Crippen molar-refractivity contribution in [3.8, 4) is 11.3 Å². The Kier molecular flexibility index (Phi) is 3.60. The second-order valence-corrected chi connectivity index (χ2v) is 5.98. The van der Waals surface area contributed by atoms with Gasteiger partial charge < -0.3 is 10.7 Å². The highest BCUT2D eigenvalue weighted by atomic mass is 14.7. The Balaban J connectivity index is 1.91. The summed E-state index contributed by atoms with van der Waals surface area (Å²) in [4.78, 5) is 3.61. The van der Waals surface area contributed by atoms with Gasteiger partial charge in [-0.15, -0.1) is 0 Å². The largest absolute Gasteiger partial charge is 0.354 e. The third-order valence-corrected chi connectivity index (χ3v) is 4.48. The number of aromatic nitrogens is 1. The maximum Gasteiger partial charge on any atom is 0.0497 e. The first kappa shape index (κ1) is 14.0. The second kappa shape index (κ2) is 5.90. The number of aromatic amines is 1. The number of hydrogen-bond donors (Lipinski definition) is 2. The number of fused-ring (bicyclic) bond motifs is 2. The number of nitrogens with one attached hydrogen (secondary N) is 1. The predicted molar refractivity (Wildman–Crippen MR) is 98.6 cm³/mol. The van der Waals surface area contributed by atoms with Crippen molar-refractivity contribution in [3.63, 3.8) is 0 Å². The minimum atomic E-state index is 0.719. The molecule has 0 atom stereocenters. The number of nitrogens with two attached hydrogens (primary N) is 1. The van der Waals surface area contributed by atoms with E-state index in [-0.39, 0.29) is 0 Å². The van der Waals surface area contributed by atoms with Crippen LogP contribution in [0.3, 0.4) is 0 Å². The molecule has 0 radical (unpaired) electrons. The van der Waals surface area contributed by atoms with Crippen molar-refractivity contribution >= 4 is 21.7 Å². The van der Waals surface area contributed by atoms with E-state index in [0.717, 1.165) is 19.4 Å². The van der Waals surface area contributed by atoms with Crippen LogP contribution in [0.1, 0.15) is 12.0 Å². The van der Waals surface area contributed by atoms with Gasteiger partial charge in [-0.05, 0) is 53.4 Å². The third-order valence-electron chi connectivity index (χ3n) is 4.48. The van der Waals surface area contributed by atoms with Crippen LogP contribution in [-0.2, 0) is 6.42 Å². The molecule has 0 aliphatic heterocycles. The van der Waals surface area contributed by atoms with Gasteiger partial charge in [-0.25, -0.2) is 0 Å². The lowest BCUT2D eigenvalue weighted by Crippen LogP contribution is -2.00. The van der Waals surface area contributed by atoms with Gasteiger partial charge >= 0.3 is 0 Å². The molecule has 0 fully saturated rings.